The van der Waals surface area contributed by atoms with Gasteiger partial charge in [0.1, 0.15) is 5.82 Å². The Kier molecular flexibility index (Phi) is 4.89. The summed E-state index contributed by atoms with van der Waals surface area (Å²) in [7, 11) is 0. The normalized spacial score (nSPS) is 19.7. The number of ether oxygens (including phenoxy) is 1. The first-order chi connectivity index (χ1) is 13.8. The number of halogens is 3. The summed E-state index contributed by atoms with van der Waals surface area (Å²) in [5.74, 6) is 0.523. The van der Waals surface area contributed by atoms with Crippen LogP contribution in [0, 0.1) is 5.92 Å². The number of aromatic amines is 1. The van der Waals surface area contributed by atoms with Crippen LogP contribution >= 0.6 is 0 Å². The van der Waals surface area contributed by atoms with Gasteiger partial charge in [-0.2, -0.15) is 13.2 Å². The largest absolute Gasteiger partial charge is 0.468 e. The molecule has 1 fully saturated rings. The van der Waals surface area contributed by atoms with Gasteiger partial charge in [0.15, 0.2) is 6.61 Å². The van der Waals surface area contributed by atoms with Gasteiger partial charge < -0.3 is 15.0 Å². The number of benzene rings is 1. The van der Waals surface area contributed by atoms with Crippen LogP contribution in [-0.2, 0) is 4.79 Å². The molecule has 2 N–H and O–H groups in total. The van der Waals surface area contributed by atoms with Crippen LogP contribution in [0.5, 0.6) is 5.88 Å². The number of carbonyl (C=O) groups excluding carboxylic acids is 1. The zero-order valence-electron chi connectivity index (χ0n) is 15.5. The van der Waals surface area contributed by atoms with E-state index in [1.54, 1.807) is 13.0 Å². The zero-order chi connectivity index (χ0) is 20.6. The van der Waals surface area contributed by atoms with Crippen molar-refractivity contribution in [3.05, 3.63) is 54.0 Å². The molecule has 0 aliphatic heterocycles. The first kappa shape index (κ1) is 19.2. The van der Waals surface area contributed by atoms with E-state index < -0.39 is 12.8 Å². The van der Waals surface area contributed by atoms with E-state index in [2.05, 4.69) is 25.0 Å². The van der Waals surface area contributed by atoms with Gasteiger partial charge in [0.05, 0.1) is 17.1 Å². The number of fused-ring (bicyclic) bond motifs is 1. The van der Waals surface area contributed by atoms with Crippen molar-refractivity contribution in [2.45, 2.75) is 31.5 Å². The summed E-state index contributed by atoms with van der Waals surface area (Å²) in [4.78, 5) is 24.2. The Morgan fingerprint density at radius 3 is 2.79 bits per heavy atom. The van der Waals surface area contributed by atoms with E-state index >= 15 is 0 Å². The lowest BCUT2D eigenvalue weighted by molar-refractivity contribution is -0.154. The minimum Gasteiger partial charge on any atom is -0.468 e. The first-order valence-corrected chi connectivity index (χ1v) is 9.21. The van der Waals surface area contributed by atoms with Gasteiger partial charge in [0, 0.05) is 24.1 Å². The number of alkyl halides is 3. The van der Waals surface area contributed by atoms with Crippen LogP contribution in [-0.4, -0.2) is 33.6 Å². The minimum absolute atomic E-state index is 0.0610. The molecule has 0 unspecified atom stereocenters. The summed E-state index contributed by atoms with van der Waals surface area (Å²) in [6, 6.07) is 10.3. The molecule has 9 heteroatoms. The number of rotatable bonds is 6. The van der Waals surface area contributed by atoms with Crippen LogP contribution in [0.3, 0.4) is 0 Å². The monoisotopic (exact) mass is 404 g/mol. The van der Waals surface area contributed by atoms with Crippen molar-refractivity contribution < 1.29 is 22.7 Å². The average molecular weight is 404 g/mol. The Bertz CT molecular complexity index is 983. The summed E-state index contributed by atoms with van der Waals surface area (Å²) < 4.78 is 41.1. The molecular formula is C20H19F3N4O2. The van der Waals surface area contributed by atoms with Crippen LogP contribution in [0.25, 0.3) is 11.0 Å². The summed E-state index contributed by atoms with van der Waals surface area (Å²) in [6.07, 6.45) is -2.29. The summed E-state index contributed by atoms with van der Waals surface area (Å²) in [5.41, 5.74) is 2.50. The van der Waals surface area contributed by atoms with Gasteiger partial charge >= 0.3 is 6.18 Å². The molecule has 0 saturated heterocycles. The van der Waals surface area contributed by atoms with E-state index in [9.17, 15) is 18.0 Å². The van der Waals surface area contributed by atoms with E-state index in [0.717, 1.165) is 23.3 Å². The molecule has 1 aliphatic carbocycles. The second-order valence-electron chi connectivity index (χ2n) is 7.15. The van der Waals surface area contributed by atoms with Gasteiger partial charge in [-0.25, -0.2) is 9.97 Å². The molecule has 2 heterocycles. The first-order valence-electron chi connectivity index (χ1n) is 9.21. The number of pyridine rings is 1. The van der Waals surface area contributed by atoms with Crippen molar-refractivity contribution >= 4 is 16.9 Å². The van der Waals surface area contributed by atoms with Crippen LogP contribution < -0.4 is 10.1 Å². The molecule has 2 aromatic heterocycles. The standard InChI is InChI=1S/C20H19F3N4O2/c1-11(12-6-7-17(24-9-12)29-10-20(21,22)23)25-19(28)14-8-13(14)18-26-15-4-2-3-5-16(15)27-18/h2-7,9,11,13-14H,8,10H2,1H3,(H,25,28)(H,26,27)/t11-,13-,14-/m1/s1. The Morgan fingerprint density at radius 2 is 2.10 bits per heavy atom. The molecule has 1 saturated carbocycles. The molecule has 1 aromatic carbocycles. The number of amides is 1. The number of nitrogens with zero attached hydrogens (tertiary/aromatic N) is 2. The SMILES string of the molecule is C[C@@H](NC(=O)[C@@H]1C[C@H]1c1nc2ccccc2[nH]1)c1ccc(OCC(F)(F)F)nc1. The maximum absolute atomic E-state index is 12.5. The highest BCUT2D eigenvalue weighted by molar-refractivity contribution is 5.83. The topological polar surface area (TPSA) is 79.9 Å². The van der Waals surface area contributed by atoms with Crippen molar-refractivity contribution in [1.82, 2.24) is 20.3 Å². The third-order valence-corrected chi connectivity index (χ3v) is 4.89. The fourth-order valence-electron chi connectivity index (χ4n) is 3.23. The van der Waals surface area contributed by atoms with Gasteiger partial charge in [-0.15, -0.1) is 0 Å². The average Bonchev–Trinajstić information content (AvgIpc) is 3.38. The number of nitrogens with one attached hydrogen (secondary N) is 2. The van der Waals surface area contributed by atoms with Crippen molar-refractivity contribution in [2.24, 2.45) is 5.92 Å². The molecule has 3 atom stereocenters. The second-order valence-corrected chi connectivity index (χ2v) is 7.15. The van der Waals surface area contributed by atoms with Gasteiger partial charge in [-0.05, 0) is 31.0 Å². The van der Waals surface area contributed by atoms with E-state index in [1.165, 1.54) is 12.3 Å². The Morgan fingerprint density at radius 1 is 1.31 bits per heavy atom. The maximum Gasteiger partial charge on any atom is 0.422 e. The summed E-state index contributed by atoms with van der Waals surface area (Å²) >= 11 is 0. The summed E-state index contributed by atoms with van der Waals surface area (Å²) in [6.45, 7) is 0.403. The van der Waals surface area contributed by atoms with Crippen LogP contribution in [0.4, 0.5) is 13.2 Å². The third-order valence-electron chi connectivity index (χ3n) is 4.89. The molecule has 6 nitrogen and oxygen atoms in total. The number of carbonyl (C=O) groups is 1. The molecule has 3 aromatic rings. The van der Waals surface area contributed by atoms with E-state index in [1.807, 2.05) is 24.3 Å². The highest BCUT2D eigenvalue weighted by atomic mass is 19.4. The lowest BCUT2D eigenvalue weighted by Gasteiger charge is -2.15. The lowest BCUT2D eigenvalue weighted by Crippen LogP contribution is -2.28. The fraction of sp³-hybridized carbons (Fsp3) is 0.350. The number of hydrogen-bond donors (Lipinski definition) is 2. The van der Waals surface area contributed by atoms with Crippen molar-refractivity contribution in [1.29, 1.82) is 0 Å². The van der Waals surface area contributed by atoms with Gasteiger partial charge in [-0.3, -0.25) is 4.79 Å². The highest BCUT2D eigenvalue weighted by Crippen LogP contribution is 2.47. The van der Waals surface area contributed by atoms with Crippen LogP contribution in [0.2, 0.25) is 0 Å². The Labute approximate surface area is 164 Å². The lowest BCUT2D eigenvalue weighted by atomic mass is 10.1. The molecular weight excluding hydrogens is 385 g/mol. The van der Waals surface area contributed by atoms with Gasteiger partial charge in [0.25, 0.3) is 0 Å². The van der Waals surface area contributed by atoms with E-state index in [-0.39, 0.29) is 29.7 Å². The molecule has 1 amide bonds. The Hall–Kier alpha value is -3.10. The predicted molar refractivity (Wildman–Crippen MR) is 99.3 cm³/mol. The van der Waals surface area contributed by atoms with Crippen molar-refractivity contribution in [3.63, 3.8) is 0 Å². The molecule has 0 bridgehead atoms. The smallest absolute Gasteiger partial charge is 0.422 e. The second kappa shape index (κ2) is 7.38. The van der Waals surface area contributed by atoms with E-state index in [4.69, 9.17) is 0 Å². The molecule has 0 spiro atoms. The van der Waals surface area contributed by atoms with Gasteiger partial charge in [-0.1, -0.05) is 18.2 Å². The highest BCUT2D eigenvalue weighted by Gasteiger charge is 2.46. The van der Waals surface area contributed by atoms with Crippen LogP contribution in [0.15, 0.2) is 42.6 Å². The molecule has 152 valence electrons. The maximum atomic E-state index is 12.5. The number of imidazole rings is 1. The van der Waals surface area contributed by atoms with E-state index in [0.29, 0.717) is 5.56 Å². The molecule has 1 aliphatic rings. The Balaban J connectivity index is 1.33. The molecule has 0 radical (unpaired) electrons. The fourth-order valence-corrected chi connectivity index (χ4v) is 3.23. The third kappa shape index (κ3) is 4.49. The number of hydrogen-bond acceptors (Lipinski definition) is 4. The summed E-state index contributed by atoms with van der Waals surface area (Å²) in [5, 5.41) is 2.93. The number of H-pyrrole nitrogens is 1. The quantitative estimate of drug-likeness (QED) is 0.654. The number of aromatic nitrogens is 3. The predicted octanol–water partition coefficient (Wildman–Crippen LogP) is 3.88. The van der Waals surface area contributed by atoms with Crippen molar-refractivity contribution in [3.8, 4) is 5.88 Å². The van der Waals surface area contributed by atoms with Crippen molar-refractivity contribution in [2.75, 3.05) is 6.61 Å². The molecule has 29 heavy (non-hydrogen) atoms. The zero-order valence-corrected chi connectivity index (χ0v) is 15.5. The van der Waals surface area contributed by atoms with Gasteiger partial charge in [0.2, 0.25) is 11.8 Å². The minimum atomic E-state index is -4.41. The molecule has 4 rings (SSSR count). The van der Waals surface area contributed by atoms with Crippen LogP contribution in [0.1, 0.15) is 36.7 Å². The number of para-hydroxylation sites is 2.